The molecule has 0 atom stereocenters. The third kappa shape index (κ3) is 3.93. The molecule has 27 heavy (non-hydrogen) atoms. The lowest BCUT2D eigenvalue weighted by atomic mass is 10.0. The van der Waals surface area contributed by atoms with Gasteiger partial charge in [-0.2, -0.15) is 0 Å². The molecule has 1 amide bonds. The number of nitrogens with zero attached hydrogens (tertiary/aromatic N) is 1. The van der Waals surface area contributed by atoms with Gasteiger partial charge in [0.1, 0.15) is 0 Å². The van der Waals surface area contributed by atoms with Crippen molar-refractivity contribution >= 4 is 33.0 Å². The monoisotopic (exact) mass is 385 g/mol. The molecule has 1 heterocycles. The summed E-state index contributed by atoms with van der Waals surface area (Å²) in [6.45, 7) is 2.21. The molecule has 1 aliphatic heterocycles. The highest BCUT2D eigenvalue weighted by atomic mass is 32.2. The lowest BCUT2D eigenvalue weighted by Crippen LogP contribution is -2.33. The van der Waals surface area contributed by atoms with Gasteiger partial charge in [-0.3, -0.25) is 9.52 Å². The second-order valence-electron chi connectivity index (χ2n) is 7.17. The van der Waals surface area contributed by atoms with Crippen LogP contribution < -0.4 is 14.9 Å². The Bertz CT molecular complexity index is 966. The first-order chi connectivity index (χ1) is 12.9. The normalized spacial score (nSPS) is 16.6. The third-order valence-electron chi connectivity index (χ3n) is 4.95. The molecule has 0 unspecified atom stereocenters. The molecule has 4 rings (SSSR count). The van der Waals surface area contributed by atoms with E-state index in [0.717, 1.165) is 29.8 Å². The molecule has 142 valence electrons. The van der Waals surface area contributed by atoms with Crippen LogP contribution in [0.1, 0.15) is 31.7 Å². The highest BCUT2D eigenvalue weighted by Gasteiger charge is 2.23. The number of carbonyl (C=O) groups is 1. The number of hydrogen-bond acceptors (Lipinski definition) is 4. The van der Waals surface area contributed by atoms with Crippen molar-refractivity contribution in [1.29, 1.82) is 0 Å². The Balaban J connectivity index is 1.54. The Morgan fingerprint density at radius 1 is 1.07 bits per heavy atom. The molecule has 1 saturated carbocycles. The Kier molecular flexibility index (Phi) is 4.55. The van der Waals surface area contributed by atoms with Crippen molar-refractivity contribution in [2.24, 2.45) is 0 Å². The second kappa shape index (κ2) is 6.88. The molecule has 6 nitrogen and oxygen atoms in total. The number of aryl methyl sites for hydroxylation is 1. The number of rotatable bonds is 5. The van der Waals surface area contributed by atoms with Crippen molar-refractivity contribution < 1.29 is 13.2 Å². The first-order valence-electron chi connectivity index (χ1n) is 9.23. The lowest BCUT2D eigenvalue weighted by molar-refractivity contribution is -0.116. The van der Waals surface area contributed by atoms with Crippen LogP contribution in [0.2, 0.25) is 0 Å². The van der Waals surface area contributed by atoms with Crippen LogP contribution in [0.4, 0.5) is 17.1 Å². The fourth-order valence-electron chi connectivity index (χ4n) is 3.38. The Morgan fingerprint density at radius 3 is 2.44 bits per heavy atom. The molecule has 0 radical (unpaired) electrons. The quantitative estimate of drug-likeness (QED) is 0.827. The van der Waals surface area contributed by atoms with Crippen LogP contribution in [0.3, 0.4) is 0 Å². The molecule has 0 saturated heterocycles. The van der Waals surface area contributed by atoms with E-state index in [0.29, 0.717) is 18.3 Å². The number of anilines is 3. The summed E-state index contributed by atoms with van der Waals surface area (Å²) >= 11 is 0. The molecule has 2 N–H and O–H groups in total. The SMILES string of the molecule is CC(=O)N1CCCc2cc(S(=O)(=O)Nc3ccc(NC4CC4)cc3)ccc21. The van der Waals surface area contributed by atoms with Gasteiger partial charge in [-0.1, -0.05) is 0 Å². The van der Waals surface area contributed by atoms with Crippen molar-refractivity contribution in [3.8, 4) is 0 Å². The van der Waals surface area contributed by atoms with Crippen molar-refractivity contribution in [3.05, 3.63) is 48.0 Å². The average Bonchev–Trinajstić information content (AvgIpc) is 3.46. The summed E-state index contributed by atoms with van der Waals surface area (Å²) in [5, 5.41) is 3.38. The van der Waals surface area contributed by atoms with Crippen LogP contribution in [0, 0.1) is 0 Å². The number of carbonyl (C=O) groups excluding carboxylic acids is 1. The summed E-state index contributed by atoms with van der Waals surface area (Å²) < 4.78 is 28.2. The van der Waals surface area contributed by atoms with Gasteiger partial charge in [0.25, 0.3) is 10.0 Å². The lowest BCUT2D eigenvalue weighted by Gasteiger charge is -2.28. The minimum Gasteiger partial charge on any atom is -0.382 e. The van der Waals surface area contributed by atoms with Crippen molar-refractivity contribution in [1.82, 2.24) is 0 Å². The van der Waals surface area contributed by atoms with Gasteiger partial charge in [0, 0.05) is 36.6 Å². The van der Waals surface area contributed by atoms with E-state index in [1.807, 2.05) is 12.1 Å². The topological polar surface area (TPSA) is 78.5 Å². The van der Waals surface area contributed by atoms with Crippen LogP contribution in [0.5, 0.6) is 0 Å². The van der Waals surface area contributed by atoms with E-state index in [2.05, 4.69) is 10.0 Å². The van der Waals surface area contributed by atoms with Crippen LogP contribution >= 0.6 is 0 Å². The molecule has 7 heteroatoms. The highest BCUT2D eigenvalue weighted by Crippen LogP contribution is 2.30. The standard InChI is InChI=1S/C20H23N3O3S/c1-14(24)23-12-2-3-15-13-19(10-11-20(15)23)27(25,26)22-18-8-6-17(7-9-18)21-16-4-5-16/h6-11,13,16,21-22H,2-5,12H2,1H3. The predicted octanol–water partition coefficient (Wildman–Crippen LogP) is 3.36. The van der Waals surface area contributed by atoms with Gasteiger partial charge in [-0.05, 0) is 73.7 Å². The molecular formula is C20H23N3O3S. The molecule has 0 aromatic heterocycles. The minimum absolute atomic E-state index is 0.0235. The number of sulfonamides is 1. The first-order valence-corrected chi connectivity index (χ1v) is 10.7. The van der Waals surface area contributed by atoms with Gasteiger partial charge in [-0.25, -0.2) is 8.42 Å². The molecule has 0 bridgehead atoms. The number of nitrogens with one attached hydrogen (secondary N) is 2. The Morgan fingerprint density at radius 2 is 1.78 bits per heavy atom. The van der Waals surface area contributed by atoms with Gasteiger partial charge in [0.05, 0.1) is 4.90 Å². The maximum atomic E-state index is 12.8. The van der Waals surface area contributed by atoms with Crippen molar-refractivity contribution in [2.75, 3.05) is 21.5 Å². The van der Waals surface area contributed by atoms with E-state index in [1.54, 1.807) is 35.2 Å². The molecule has 2 aromatic carbocycles. The predicted molar refractivity (Wildman–Crippen MR) is 107 cm³/mol. The molecule has 2 aromatic rings. The number of benzene rings is 2. The van der Waals surface area contributed by atoms with Gasteiger partial charge >= 0.3 is 0 Å². The van der Waals surface area contributed by atoms with Gasteiger partial charge < -0.3 is 10.2 Å². The third-order valence-corrected chi connectivity index (χ3v) is 6.32. The summed E-state index contributed by atoms with van der Waals surface area (Å²) in [5.41, 5.74) is 3.23. The van der Waals surface area contributed by atoms with E-state index in [9.17, 15) is 13.2 Å². The number of amides is 1. The number of hydrogen-bond donors (Lipinski definition) is 2. The maximum absolute atomic E-state index is 12.8. The van der Waals surface area contributed by atoms with Crippen LogP contribution in [0.15, 0.2) is 47.4 Å². The largest absolute Gasteiger partial charge is 0.382 e. The average molecular weight is 385 g/mol. The highest BCUT2D eigenvalue weighted by molar-refractivity contribution is 7.92. The zero-order valence-electron chi connectivity index (χ0n) is 15.2. The summed E-state index contributed by atoms with van der Waals surface area (Å²) in [5.74, 6) is -0.0235. The smallest absolute Gasteiger partial charge is 0.261 e. The van der Waals surface area contributed by atoms with Crippen molar-refractivity contribution in [2.45, 2.75) is 43.5 Å². The summed E-state index contributed by atoms with van der Waals surface area (Å²) in [6, 6.07) is 12.8. The first kappa shape index (κ1) is 17.9. The molecular weight excluding hydrogens is 362 g/mol. The molecule has 1 aliphatic carbocycles. The van der Waals surface area contributed by atoms with Crippen LogP contribution in [-0.4, -0.2) is 26.9 Å². The Labute approximate surface area is 159 Å². The van der Waals surface area contributed by atoms with E-state index in [-0.39, 0.29) is 10.8 Å². The fourth-order valence-corrected chi connectivity index (χ4v) is 4.49. The van der Waals surface area contributed by atoms with E-state index >= 15 is 0 Å². The summed E-state index contributed by atoms with van der Waals surface area (Å²) in [6.07, 6.45) is 3.98. The summed E-state index contributed by atoms with van der Waals surface area (Å²) in [7, 11) is -3.68. The maximum Gasteiger partial charge on any atom is 0.261 e. The van der Waals surface area contributed by atoms with Gasteiger partial charge in [0.15, 0.2) is 0 Å². The molecule has 0 spiro atoms. The number of fused-ring (bicyclic) bond motifs is 1. The van der Waals surface area contributed by atoms with E-state index in [1.165, 1.54) is 19.8 Å². The van der Waals surface area contributed by atoms with Crippen LogP contribution in [-0.2, 0) is 21.2 Å². The summed E-state index contributed by atoms with van der Waals surface area (Å²) in [4.78, 5) is 13.7. The second-order valence-corrected chi connectivity index (χ2v) is 8.85. The van der Waals surface area contributed by atoms with E-state index in [4.69, 9.17) is 0 Å². The minimum atomic E-state index is -3.68. The molecule has 1 fully saturated rings. The van der Waals surface area contributed by atoms with E-state index < -0.39 is 10.0 Å². The van der Waals surface area contributed by atoms with Gasteiger partial charge in [0.2, 0.25) is 5.91 Å². The van der Waals surface area contributed by atoms with Crippen LogP contribution in [0.25, 0.3) is 0 Å². The Hall–Kier alpha value is -2.54. The zero-order valence-corrected chi connectivity index (χ0v) is 16.1. The molecule has 2 aliphatic rings. The zero-order chi connectivity index (χ0) is 19.0. The van der Waals surface area contributed by atoms with Crippen molar-refractivity contribution in [3.63, 3.8) is 0 Å². The van der Waals surface area contributed by atoms with Gasteiger partial charge in [-0.15, -0.1) is 0 Å². The fraction of sp³-hybridized carbons (Fsp3) is 0.350.